The highest BCUT2D eigenvalue weighted by atomic mass is 16.5. The zero-order valence-corrected chi connectivity index (χ0v) is 11.2. The van der Waals surface area contributed by atoms with E-state index < -0.39 is 5.97 Å². The molecule has 0 spiro atoms. The summed E-state index contributed by atoms with van der Waals surface area (Å²) in [5.41, 5.74) is 3.44. The zero-order valence-electron chi connectivity index (χ0n) is 11.2. The lowest BCUT2D eigenvalue weighted by molar-refractivity contribution is -0.137. The molecule has 1 aromatic carbocycles. The molecule has 1 aliphatic rings. The molecule has 2 rings (SSSR count). The van der Waals surface area contributed by atoms with Crippen molar-refractivity contribution in [3.8, 4) is 5.75 Å². The van der Waals surface area contributed by atoms with Crippen LogP contribution in [0.1, 0.15) is 41.9 Å². The fourth-order valence-corrected chi connectivity index (χ4v) is 2.50. The third-order valence-corrected chi connectivity index (χ3v) is 3.83. The zero-order chi connectivity index (χ0) is 13.3. The molecule has 1 unspecified atom stereocenters. The lowest BCUT2D eigenvalue weighted by Gasteiger charge is -2.19. The largest absolute Gasteiger partial charge is 0.496 e. The van der Waals surface area contributed by atoms with Crippen LogP contribution in [0.3, 0.4) is 0 Å². The lowest BCUT2D eigenvalue weighted by atomic mass is 9.88. The quantitative estimate of drug-likeness (QED) is 0.869. The van der Waals surface area contributed by atoms with Gasteiger partial charge in [0.05, 0.1) is 13.5 Å². The van der Waals surface area contributed by atoms with Gasteiger partial charge >= 0.3 is 5.97 Å². The molecule has 0 radical (unpaired) electrons. The minimum absolute atomic E-state index is 0.0942. The van der Waals surface area contributed by atoms with Crippen LogP contribution in [-0.2, 0) is 4.79 Å². The molecule has 0 aliphatic heterocycles. The number of ether oxygens (including phenoxy) is 1. The Morgan fingerprint density at radius 2 is 2.00 bits per heavy atom. The van der Waals surface area contributed by atoms with Crippen molar-refractivity contribution < 1.29 is 14.6 Å². The molecule has 1 saturated carbocycles. The number of aliphatic carboxylic acids is 1. The van der Waals surface area contributed by atoms with Crippen molar-refractivity contribution in [1.29, 1.82) is 0 Å². The Morgan fingerprint density at radius 3 is 2.50 bits per heavy atom. The smallest absolute Gasteiger partial charge is 0.303 e. The van der Waals surface area contributed by atoms with Crippen LogP contribution in [0.5, 0.6) is 5.75 Å². The van der Waals surface area contributed by atoms with E-state index in [9.17, 15) is 4.79 Å². The average molecular weight is 248 g/mol. The Labute approximate surface area is 108 Å². The summed E-state index contributed by atoms with van der Waals surface area (Å²) in [7, 11) is 1.65. The molecule has 0 amide bonds. The number of methoxy groups -OCH3 is 1. The Balaban J connectivity index is 2.39. The van der Waals surface area contributed by atoms with Gasteiger partial charge in [-0.05, 0) is 55.4 Å². The van der Waals surface area contributed by atoms with Crippen LogP contribution in [-0.4, -0.2) is 18.2 Å². The van der Waals surface area contributed by atoms with Crippen LogP contribution in [0.15, 0.2) is 12.1 Å². The van der Waals surface area contributed by atoms with Crippen molar-refractivity contribution in [3.63, 3.8) is 0 Å². The molecule has 3 nitrogen and oxygen atoms in total. The van der Waals surface area contributed by atoms with Crippen LogP contribution in [0.2, 0.25) is 0 Å². The van der Waals surface area contributed by atoms with Gasteiger partial charge in [-0.15, -0.1) is 0 Å². The van der Waals surface area contributed by atoms with E-state index in [1.807, 2.05) is 13.0 Å². The summed E-state index contributed by atoms with van der Waals surface area (Å²) >= 11 is 0. The molecule has 3 heteroatoms. The first-order valence-electron chi connectivity index (χ1n) is 6.40. The molecule has 98 valence electrons. The molecule has 1 aliphatic carbocycles. The molecule has 0 bridgehead atoms. The standard InChI is InChI=1S/C15H20O3/c1-9-6-13(14(18-3)7-10(9)2)12(8-15(16)17)11-4-5-11/h6-7,11-12H,4-5,8H2,1-3H3,(H,16,17). The van der Waals surface area contributed by atoms with Gasteiger partial charge in [0.1, 0.15) is 5.75 Å². The number of benzene rings is 1. The minimum Gasteiger partial charge on any atom is -0.496 e. The number of carbonyl (C=O) groups is 1. The molecule has 1 N–H and O–H groups in total. The van der Waals surface area contributed by atoms with E-state index in [4.69, 9.17) is 9.84 Å². The van der Waals surface area contributed by atoms with Gasteiger partial charge in [0.25, 0.3) is 0 Å². The predicted octanol–water partition coefficient (Wildman–Crippen LogP) is 3.28. The molecule has 1 fully saturated rings. The van der Waals surface area contributed by atoms with Gasteiger partial charge in [-0.25, -0.2) is 0 Å². The van der Waals surface area contributed by atoms with Crippen LogP contribution in [0, 0.1) is 19.8 Å². The number of aryl methyl sites for hydroxylation is 2. The summed E-state index contributed by atoms with van der Waals surface area (Å²) in [4.78, 5) is 11.0. The summed E-state index contributed by atoms with van der Waals surface area (Å²) in [6, 6.07) is 4.11. The highest BCUT2D eigenvalue weighted by Gasteiger charge is 2.35. The average Bonchev–Trinajstić information content (AvgIpc) is 3.13. The summed E-state index contributed by atoms with van der Waals surface area (Å²) in [6.07, 6.45) is 2.46. The molecule has 0 saturated heterocycles. The van der Waals surface area contributed by atoms with Gasteiger partial charge in [-0.1, -0.05) is 6.07 Å². The molecular weight excluding hydrogens is 228 g/mol. The second-order valence-corrected chi connectivity index (χ2v) is 5.22. The van der Waals surface area contributed by atoms with Gasteiger partial charge in [0.15, 0.2) is 0 Å². The van der Waals surface area contributed by atoms with E-state index in [-0.39, 0.29) is 12.3 Å². The molecule has 0 aromatic heterocycles. The number of carboxylic acids is 1. The monoisotopic (exact) mass is 248 g/mol. The summed E-state index contributed by atoms with van der Waals surface area (Å²) < 4.78 is 5.43. The summed E-state index contributed by atoms with van der Waals surface area (Å²) in [6.45, 7) is 4.11. The van der Waals surface area contributed by atoms with Crippen molar-refractivity contribution in [1.82, 2.24) is 0 Å². The number of hydrogen-bond donors (Lipinski definition) is 1. The minimum atomic E-state index is -0.729. The van der Waals surface area contributed by atoms with Crippen LogP contribution in [0.25, 0.3) is 0 Å². The molecule has 18 heavy (non-hydrogen) atoms. The van der Waals surface area contributed by atoms with Crippen LogP contribution in [0.4, 0.5) is 0 Å². The first-order valence-corrected chi connectivity index (χ1v) is 6.40. The SMILES string of the molecule is COc1cc(C)c(C)cc1C(CC(=O)O)C1CC1. The molecular formula is C15H20O3. The topological polar surface area (TPSA) is 46.5 Å². The highest BCUT2D eigenvalue weighted by Crippen LogP contribution is 2.47. The molecule has 1 aromatic rings. The lowest BCUT2D eigenvalue weighted by Crippen LogP contribution is -2.10. The van der Waals surface area contributed by atoms with Crippen molar-refractivity contribution in [2.75, 3.05) is 7.11 Å². The highest BCUT2D eigenvalue weighted by molar-refractivity contribution is 5.68. The first kappa shape index (κ1) is 12.9. The van der Waals surface area contributed by atoms with E-state index in [2.05, 4.69) is 13.0 Å². The number of carboxylic acid groups (broad SMARTS) is 1. The molecule has 1 atom stereocenters. The van der Waals surface area contributed by atoms with E-state index in [1.54, 1.807) is 7.11 Å². The second-order valence-electron chi connectivity index (χ2n) is 5.22. The second kappa shape index (κ2) is 5.01. The van der Waals surface area contributed by atoms with Crippen molar-refractivity contribution >= 4 is 5.97 Å². The Kier molecular flexibility index (Phi) is 3.60. The van der Waals surface area contributed by atoms with Crippen LogP contribution >= 0.6 is 0 Å². The predicted molar refractivity (Wildman–Crippen MR) is 70.2 cm³/mol. The third-order valence-electron chi connectivity index (χ3n) is 3.83. The van der Waals surface area contributed by atoms with Crippen molar-refractivity contribution in [2.24, 2.45) is 5.92 Å². The number of hydrogen-bond acceptors (Lipinski definition) is 2. The summed E-state index contributed by atoms with van der Waals surface area (Å²) in [5, 5.41) is 9.07. The van der Waals surface area contributed by atoms with Gasteiger partial charge in [-0.3, -0.25) is 4.79 Å². The van der Waals surface area contributed by atoms with Gasteiger partial charge in [-0.2, -0.15) is 0 Å². The van der Waals surface area contributed by atoms with Gasteiger partial charge in [0, 0.05) is 5.92 Å². The normalized spacial score (nSPS) is 16.4. The van der Waals surface area contributed by atoms with Crippen LogP contribution < -0.4 is 4.74 Å². The third kappa shape index (κ3) is 2.66. The summed E-state index contributed by atoms with van der Waals surface area (Å²) in [5.74, 6) is 0.706. The van der Waals surface area contributed by atoms with Gasteiger partial charge in [0.2, 0.25) is 0 Å². The first-order chi connectivity index (χ1) is 8.52. The fourth-order valence-electron chi connectivity index (χ4n) is 2.50. The molecule has 0 heterocycles. The Bertz CT molecular complexity index is 461. The maximum absolute atomic E-state index is 11.0. The fraction of sp³-hybridized carbons (Fsp3) is 0.533. The van der Waals surface area contributed by atoms with E-state index in [1.165, 1.54) is 11.1 Å². The maximum Gasteiger partial charge on any atom is 0.303 e. The van der Waals surface area contributed by atoms with E-state index in [0.29, 0.717) is 5.92 Å². The van der Waals surface area contributed by atoms with E-state index in [0.717, 1.165) is 24.2 Å². The number of rotatable bonds is 5. The van der Waals surface area contributed by atoms with E-state index >= 15 is 0 Å². The maximum atomic E-state index is 11.0. The van der Waals surface area contributed by atoms with Crippen molar-refractivity contribution in [2.45, 2.75) is 39.0 Å². The van der Waals surface area contributed by atoms with Gasteiger partial charge < -0.3 is 9.84 Å². The van der Waals surface area contributed by atoms with Crippen molar-refractivity contribution in [3.05, 3.63) is 28.8 Å². The Morgan fingerprint density at radius 1 is 1.39 bits per heavy atom. The Hall–Kier alpha value is -1.51.